The Labute approximate surface area is 99.0 Å². The van der Waals surface area contributed by atoms with Crippen LogP contribution in [0.25, 0.3) is 0 Å². The summed E-state index contributed by atoms with van der Waals surface area (Å²) in [5.41, 5.74) is 6.97. The molecule has 3 heteroatoms. The molecule has 92 valence electrons. The lowest BCUT2D eigenvalue weighted by molar-refractivity contribution is 0.408. The number of nitrogens with two attached hydrogens (primary N) is 1. The van der Waals surface area contributed by atoms with E-state index in [0.29, 0.717) is 17.9 Å². The van der Waals surface area contributed by atoms with Crippen LogP contribution in [0.4, 0.5) is 0 Å². The van der Waals surface area contributed by atoms with Crippen molar-refractivity contribution in [1.29, 1.82) is 0 Å². The fourth-order valence-corrected chi connectivity index (χ4v) is 2.00. The van der Waals surface area contributed by atoms with Crippen LogP contribution < -0.4 is 5.73 Å². The predicted octanol–water partition coefficient (Wildman–Crippen LogP) is 2.63. The minimum atomic E-state index is 0.440. The van der Waals surface area contributed by atoms with Crippen molar-refractivity contribution in [3.63, 3.8) is 0 Å². The van der Waals surface area contributed by atoms with Gasteiger partial charge in [0.25, 0.3) is 0 Å². The predicted molar refractivity (Wildman–Crippen MR) is 68.3 cm³/mol. The molecule has 0 amide bonds. The number of hydrogen-bond donors (Lipinski definition) is 1. The van der Waals surface area contributed by atoms with Crippen molar-refractivity contribution in [2.45, 2.75) is 46.6 Å². The summed E-state index contributed by atoms with van der Waals surface area (Å²) < 4.78 is 2.01. The molecule has 0 saturated heterocycles. The summed E-state index contributed by atoms with van der Waals surface area (Å²) in [5, 5.41) is 4.57. The summed E-state index contributed by atoms with van der Waals surface area (Å²) in [6.45, 7) is 9.54. The van der Waals surface area contributed by atoms with Crippen molar-refractivity contribution >= 4 is 0 Å². The molecule has 0 saturated carbocycles. The van der Waals surface area contributed by atoms with Gasteiger partial charge in [-0.15, -0.1) is 0 Å². The van der Waals surface area contributed by atoms with E-state index < -0.39 is 0 Å². The van der Waals surface area contributed by atoms with E-state index >= 15 is 0 Å². The van der Waals surface area contributed by atoms with Gasteiger partial charge >= 0.3 is 0 Å². The van der Waals surface area contributed by atoms with Crippen LogP contribution in [-0.2, 0) is 6.42 Å². The minimum absolute atomic E-state index is 0.440. The largest absolute Gasteiger partial charge is 0.330 e. The molecule has 0 fully saturated rings. The Kier molecular flexibility index (Phi) is 5.00. The molecular formula is C13H25N3. The molecule has 2 N–H and O–H groups in total. The average Bonchev–Trinajstić information content (AvgIpc) is 2.64. The first-order valence-corrected chi connectivity index (χ1v) is 6.27. The van der Waals surface area contributed by atoms with Crippen LogP contribution in [0.5, 0.6) is 0 Å². The highest BCUT2D eigenvalue weighted by Gasteiger charge is 2.12. The molecular weight excluding hydrogens is 198 g/mol. The monoisotopic (exact) mass is 223 g/mol. The Morgan fingerprint density at radius 3 is 2.44 bits per heavy atom. The van der Waals surface area contributed by atoms with Crippen molar-refractivity contribution in [1.82, 2.24) is 9.78 Å². The van der Waals surface area contributed by atoms with Crippen molar-refractivity contribution in [2.24, 2.45) is 17.6 Å². The summed E-state index contributed by atoms with van der Waals surface area (Å²) in [6.07, 6.45) is 4.25. The maximum atomic E-state index is 5.80. The van der Waals surface area contributed by atoms with E-state index in [1.165, 1.54) is 12.1 Å². The number of rotatable bonds is 6. The van der Waals surface area contributed by atoms with E-state index in [9.17, 15) is 0 Å². The van der Waals surface area contributed by atoms with Gasteiger partial charge in [0.2, 0.25) is 0 Å². The summed E-state index contributed by atoms with van der Waals surface area (Å²) in [5.74, 6) is 1.27. The maximum absolute atomic E-state index is 5.80. The molecule has 1 aromatic rings. The Hall–Kier alpha value is -0.830. The van der Waals surface area contributed by atoms with Gasteiger partial charge in [-0.2, -0.15) is 5.10 Å². The first-order chi connectivity index (χ1) is 7.52. The maximum Gasteiger partial charge on any atom is 0.0627 e. The average molecular weight is 223 g/mol. The van der Waals surface area contributed by atoms with Crippen LogP contribution in [-0.4, -0.2) is 16.3 Å². The SMILES string of the molecule is CC(C)CC(CN)Cc1ccn(C(C)C)n1. The molecule has 0 aliphatic carbocycles. The molecule has 0 aromatic carbocycles. The molecule has 0 bridgehead atoms. The second-order valence-corrected chi connectivity index (χ2v) is 5.32. The number of nitrogens with zero attached hydrogens (tertiary/aromatic N) is 2. The number of aromatic nitrogens is 2. The lowest BCUT2D eigenvalue weighted by Gasteiger charge is -2.15. The van der Waals surface area contributed by atoms with Gasteiger partial charge in [-0.3, -0.25) is 4.68 Å². The van der Waals surface area contributed by atoms with Crippen LogP contribution in [0.15, 0.2) is 12.3 Å². The van der Waals surface area contributed by atoms with Crippen molar-refractivity contribution in [3.8, 4) is 0 Å². The zero-order valence-electron chi connectivity index (χ0n) is 11.0. The molecule has 16 heavy (non-hydrogen) atoms. The van der Waals surface area contributed by atoms with Crippen molar-refractivity contribution in [3.05, 3.63) is 18.0 Å². The van der Waals surface area contributed by atoms with E-state index in [1.54, 1.807) is 0 Å². The van der Waals surface area contributed by atoms with Gasteiger partial charge in [0, 0.05) is 12.2 Å². The molecule has 1 aromatic heterocycles. The van der Waals surface area contributed by atoms with Crippen LogP contribution >= 0.6 is 0 Å². The van der Waals surface area contributed by atoms with Gasteiger partial charge in [-0.05, 0) is 51.1 Å². The molecule has 0 aliphatic rings. The van der Waals surface area contributed by atoms with Gasteiger partial charge in [-0.25, -0.2) is 0 Å². The normalized spacial score (nSPS) is 13.7. The fourth-order valence-electron chi connectivity index (χ4n) is 2.00. The standard InChI is InChI=1S/C13H25N3/c1-10(2)7-12(9-14)8-13-5-6-16(15-13)11(3)4/h5-6,10-12H,7-9,14H2,1-4H3. The van der Waals surface area contributed by atoms with Gasteiger partial charge in [0.15, 0.2) is 0 Å². The van der Waals surface area contributed by atoms with Crippen molar-refractivity contribution in [2.75, 3.05) is 6.54 Å². The molecule has 3 nitrogen and oxygen atoms in total. The first kappa shape index (κ1) is 13.2. The molecule has 1 atom stereocenters. The third-order valence-corrected chi connectivity index (χ3v) is 2.83. The summed E-state index contributed by atoms with van der Waals surface area (Å²) >= 11 is 0. The summed E-state index contributed by atoms with van der Waals surface area (Å²) in [7, 11) is 0. The fraction of sp³-hybridized carbons (Fsp3) is 0.769. The minimum Gasteiger partial charge on any atom is -0.330 e. The highest BCUT2D eigenvalue weighted by atomic mass is 15.3. The van der Waals surface area contributed by atoms with Crippen molar-refractivity contribution < 1.29 is 0 Å². The summed E-state index contributed by atoms with van der Waals surface area (Å²) in [4.78, 5) is 0. The number of hydrogen-bond acceptors (Lipinski definition) is 2. The highest BCUT2D eigenvalue weighted by molar-refractivity contribution is 5.01. The first-order valence-electron chi connectivity index (χ1n) is 6.27. The lowest BCUT2D eigenvalue weighted by Crippen LogP contribution is -2.19. The molecule has 1 unspecified atom stereocenters. The molecule has 1 rings (SSSR count). The zero-order chi connectivity index (χ0) is 12.1. The highest BCUT2D eigenvalue weighted by Crippen LogP contribution is 2.16. The van der Waals surface area contributed by atoms with Crippen LogP contribution in [0.2, 0.25) is 0 Å². The van der Waals surface area contributed by atoms with Gasteiger partial charge in [-0.1, -0.05) is 13.8 Å². The van der Waals surface area contributed by atoms with E-state index in [1.807, 2.05) is 4.68 Å². The summed E-state index contributed by atoms with van der Waals surface area (Å²) in [6, 6.07) is 2.55. The van der Waals surface area contributed by atoms with Gasteiger partial charge in [0.05, 0.1) is 5.69 Å². The molecule has 1 heterocycles. The second-order valence-electron chi connectivity index (χ2n) is 5.32. The van der Waals surface area contributed by atoms with E-state index in [2.05, 4.69) is 45.1 Å². The Bertz CT molecular complexity index is 302. The van der Waals surface area contributed by atoms with Gasteiger partial charge in [0.1, 0.15) is 0 Å². The van der Waals surface area contributed by atoms with E-state index in [4.69, 9.17) is 5.73 Å². The van der Waals surface area contributed by atoms with E-state index in [-0.39, 0.29) is 0 Å². The Morgan fingerprint density at radius 1 is 1.31 bits per heavy atom. The smallest absolute Gasteiger partial charge is 0.0627 e. The van der Waals surface area contributed by atoms with E-state index in [0.717, 1.165) is 13.0 Å². The molecule has 0 spiro atoms. The van der Waals surface area contributed by atoms with Crippen LogP contribution in [0, 0.1) is 11.8 Å². The third-order valence-electron chi connectivity index (χ3n) is 2.83. The molecule has 0 radical (unpaired) electrons. The lowest BCUT2D eigenvalue weighted by atomic mass is 9.93. The Balaban J connectivity index is 2.56. The third kappa shape index (κ3) is 3.97. The molecule has 0 aliphatic heterocycles. The Morgan fingerprint density at radius 2 is 2.00 bits per heavy atom. The quantitative estimate of drug-likeness (QED) is 0.805. The van der Waals surface area contributed by atoms with Crippen LogP contribution in [0.3, 0.4) is 0 Å². The van der Waals surface area contributed by atoms with Gasteiger partial charge < -0.3 is 5.73 Å². The topological polar surface area (TPSA) is 43.8 Å². The zero-order valence-corrected chi connectivity index (χ0v) is 11.0. The van der Waals surface area contributed by atoms with Crippen LogP contribution in [0.1, 0.15) is 45.9 Å². The second kappa shape index (κ2) is 6.04.